The van der Waals surface area contributed by atoms with Crippen molar-refractivity contribution in [2.45, 2.75) is 18.9 Å². The minimum Gasteiger partial charge on any atom is -0.381 e. The molecule has 4 heteroatoms. The summed E-state index contributed by atoms with van der Waals surface area (Å²) in [5.41, 5.74) is 1.52. The van der Waals surface area contributed by atoms with Gasteiger partial charge in [-0.3, -0.25) is 0 Å². The minimum atomic E-state index is 0.441. The van der Waals surface area contributed by atoms with E-state index >= 15 is 0 Å². The molecule has 2 rings (SSSR count). The van der Waals surface area contributed by atoms with Crippen LogP contribution in [0.1, 0.15) is 18.4 Å². The molecule has 0 unspecified atom stereocenters. The lowest BCUT2D eigenvalue weighted by Crippen LogP contribution is -2.36. The van der Waals surface area contributed by atoms with Crippen molar-refractivity contribution >= 4 is 17.3 Å². The molecule has 17 heavy (non-hydrogen) atoms. The molecular weight excluding hydrogens is 234 g/mol. The van der Waals surface area contributed by atoms with Crippen molar-refractivity contribution in [2.24, 2.45) is 0 Å². The summed E-state index contributed by atoms with van der Waals surface area (Å²) >= 11 is 5.96. The summed E-state index contributed by atoms with van der Waals surface area (Å²) in [6, 6.07) is 7.98. The third kappa shape index (κ3) is 3.12. The van der Waals surface area contributed by atoms with Gasteiger partial charge in [-0.2, -0.15) is 5.26 Å². The highest BCUT2D eigenvalue weighted by atomic mass is 35.5. The Morgan fingerprint density at radius 3 is 2.76 bits per heavy atom. The SMILES string of the molecule is CN1CCC(Nc2cc(Cl)ccc2C#N)CC1. The lowest BCUT2D eigenvalue weighted by molar-refractivity contribution is 0.264. The Bertz CT molecular complexity index is 431. The molecule has 0 aliphatic carbocycles. The highest BCUT2D eigenvalue weighted by Gasteiger charge is 2.17. The van der Waals surface area contributed by atoms with E-state index in [2.05, 4.69) is 23.3 Å². The number of rotatable bonds is 2. The first kappa shape index (κ1) is 12.2. The van der Waals surface area contributed by atoms with E-state index in [-0.39, 0.29) is 0 Å². The highest BCUT2D eigenvalue weighted by molar-refractivity contribution is 6.30. The molecule has 0 spiro atoms. The van der Waals surface area contributed by atoms with Gasteiger partial charge in [0.25, 0.3) is 0 Å². The minimum absolute atomic E-state index is 0.441. The number of anilines is 1. The number of benzene rings is 1. The van der Waals surface area contributed by atoms with Crippen LogP contribution in [0.25, 0.3) is 0 Å². The molecule has 0 bridgehead atoms. The molecule has 1 fully saturated rings. The monoisotopic (exact) mass is 249 g/mol. The van der Waals surface area contributed by atoms with Gasteiger partial charge in [-0.25, -0.2) is 0 Å². The number of nitrogens with zero attached hydrogens (tertiary/aromatic N) is 2. The van der Waals surface area contributed by atoms with Gasteiger partial charge in [-0.1, -0.05) is 11.6 Å². The van der Waals surface area contributed by atoms with Crippen LogP contribution >= 0.6 is 11.6 Å². The second kappa shape index (κ2) is 5.39. The van der Waals surface area contributed by atoms with Crippen LogP contribution in [-0.4, -0.2) is 31.1 Å². The van der Waals surface area contributed by atoms with Crippen LogP contribution in [0.4, 0.5) is 5.69 Å². The first-order valence-electron chi connectivity index (χ1n) is 5.84. The molecule has 1 heterocycles. The molecule has 1 aromatic rings. The molecule has 0 saturated carbocycles. The summed E-state index contributed by atoms with van der Waals surface area (Å²) in [4.78, 5) is 2.32. The van der Waals surface area contributed by atoms with E-state index in [0.29, 0.717) is 16.6 Å². The van der Waals surface area contributed by atoms with Gasteiger partial charge in [0.05, 0.1) is 11.3 Å². The summed E-state index contributed by atoms with van der Waals surface area (Å²) in [7, 11) is 2.14. The Hall–Kier alpha value is -1.24. The topological polar surface area (TPSA) is 39.1 Å². The zero-order chi connectivity index (χ0) is 12.3. The number of hydrogen-bond acceptors (Lipinski definition) is 3. The smallest absolute Gasteiger partial charge is 0.101 e. The number of piperidine rings is 1. The summed E-state index contributed by atoms with van der Waals surface area (Å²) in [6.45, 7) is 2.19. The Morgan fingerprint density at radius 1 is 1.41 bits per heavy atom. The number of nitriles is 1. The normalized spacial score (nSPS) is 17.7. The standard InChI is InChI=1S/C13H16ClN3/c1-17-6-4-12(5-7-17)16-13-8-11(14)3-2-10(13)9-15/h2-3,8,12,16H,4-7H2,1H3. The predicted octanol–water partition coefficient (Wildman–Crippen LogP) is 2.72. The molecule has 0 amide bonds. The molecule has 0 aromatic heterocycles. The van der Waals surface area contributed by atoms with Crippen LogP contribution in [0.3, 0.4) is 0 Å². The van der Waals surface area contributed by atoms with Gasteiger partial charge in [0.1, 0.15) is 6.07 Å². The van der Waals surface area contributed by atoms with Crippen molar-refractivity contribution < 1.29 is 0 Å². The average molecular weight is 250 g/mol. The first-order valence-corrected chi connectivity index (χ1v) is 6.21. The number of halogens is 1. The quantitative estimate of drug-likeness (QED) is 0.876. The molecule has 1 saturated heterocycles. The van der Waals surface area contributed by atoms with E-state index in [1.807, 2.05) is 6.07 Å². The Labute approximate surface area is 107 Å². The van der Waals surface area contributed by atoms with Gasteiger partial charge in [-0.15, -0.1) is 0 Å². The van der Waals surface area contributed by atoms with E-state index in [4.69, 9.17) is 16.9 Å². The first-order chi connectivity index (χ1) is 8.19. The molecule has 0 radical (unpaired) electrons. The number of likely N-dealkylation sites (tertiary alicyclic amines) is 1. The molecule has 0 atom stereocenters. The Morgan fingerprint density at radius 2 is 2.12 bits per heavy atom. The van der Waals surface area contributed by atoms with Gasteiger partial charge < -0.3 is 10.2 Å². The molecule has 3 nitrogen and oxygen atoms in total. The van der Waals surface area contributed by atoms with Gasteiger partial charge in [0.15, 0.2) is 0 Å². The molecule has 90 valence electrons. The van der Waals surface area contributed by atoms with E-state index < -0.39 is 0 Å². The van der Waals surface area contributed by atoms with Crippen LogP contribution < -0.4 is 5.32 Å². The van der Waals surface area contributed by atoms with Crippen LogP contribution in [-0.2, 0) is 0 Å². The van der Waals surface area contributed by atoms with E-state index in [1.54, 1.807) is 12.1 Å². The van der Waals surface area contributed by atoms with Crippen molar-refractivity contribution in [3.05, 3.63) is 28.8 Å². The third-order valence-electron chi connectivity index (χ3n) is 3.18. The molecule has 1 aliphatic heterocycles. The predicted molar refractivity (Wildman–Crippen MR) is 70.3 cm³/mol. The van der Waals surface area contributed by atoms with Crippen molar-refractivity contribution in [1.29, 1.82) is 5.26 Å². The van der Waals surface area contributed by atoms with Gasteiger partial charge in [0, 0.05) is 11.1 Å². The maximum Gasteiger partial charge on any atom is 0.101 e. The molecule has 1 aliphatic rings. The summed E-state index contributed by atoms with van der Waals surface area (Å²) in [5.74, 6) is 0. The van der Waals surface area contributed by atoms with Crippen LogP contribution in [0.15, 0.2) is 18.2 Å². The third-order valence-corrected chi connectivity index (χ3v) is 3.42. The summed E-state index contributed by atoms with van der Waals surface area (Å²) in [5, 5.41) is 13.1. The number of hydrogen-bond donors (Lipinski definition) is 1. The largest absolute Gasteiger partial charge is 0.381 e. The summed E-state index contributed by atoms with van der Waals surface area (Å²) < 4.78 is 0. The fraction of sp³-hybridized carbons (Fsp3) is 0.462. The molecule has 1 N–H and O–H groups in total. The maximum atomic E-state index is 9.04. The molecular formula is C13H16ClN3. The van der Waals surface area contributed by atoms with E-state index in [9.17, 15) is 0 Å². The van der Waals surface area contributed by atoms with Gasteiger partial charge >= 0.3 is 0 Å². The van der Waals surface area contributed by atoms with Crippen molar-refractivity contribution in [3.63, 3.8) is 0 Å². The highest BCUT2D eigenvalue weighted by Crippen LogP contribution is 2.23. The zero-order valence-corrected chi connectivity index (χ0v) is 10.7. The van der Waals surface area contributed by atoms with Crippen molar-refractivity contribution in [2.75, 3.05) is 25.5 Å². The average Bonchev–Trinajstić information content (AvgIpc) is 2.32. The second-order valence-electron chi connectivity index (χ2n) is 4.52. The Balaban J connectivity index is 2.08. The lowest BCUT2D eigenvalue weighted by atomic mass is 10.0. The number of nitrogens with one attached hydrogen (secondary N) is 1. The fourth-order valence-electron chi connectivity index (χ4n) is 2.11. The van der Waals surface area contributed by atoms with E-state index in [1.165, 1.54) is 0 Å². The second-order valence-corrected chi connectivity index (χ2v) is 4.96. The fourth-order valence-corrected chi connectivity index (χ4v) is 2.28. The van der Waals surface area contributed by atoms with Gasteiger partial charge in [0.2, 0.25) is 0 Å². The van der Waals surface area contributed by atoms with Gasteiger partial charge in [-0.05, 0) is 51.2 Å². The van der Waals surface area contributed by atoms with Crippen LogP contribution in [0.2, 0.25) is 5.02 Å². The Kier molecular flexibility index (Phi) is 3.88. The van der Waals surface area contributed by atoms with Crippen molar-refractivity contribution in [3.8, 4) is 6.07 Å². The maximum absolute atomic E-state index is 9.04. The molecule has 1 aromatic carbocycles. The van der Waals surface area contributed by atoms with E-state index in [0.717, 1.165) is 31.6 Å². The zero-order valence-electron chi connectivity index (χ0n) is 9.91. The van der Waals surface area contributed by atoms with Crippen LogP contribution in [0, 0.1) is 11.3 Å². The summed E-state index contributed by atoms with van der Waals surface area (Å²) in [6.07, 6.45) is 2.21. The lowest BCUT2D eigenvalue weighted by Gasteiger charge is -2.30. The van der Waals surface area contributed by atoms with Crippen molar-refractivity contribution in [1.82, 2.24) is 4.90 Å². The van der Waals surface area contributed by atoms with Crippen LogP contribution in [0.5, 0.6) is 0 Å².